The minimum atomic E-state index is -3.76. The van der Waals surface area contributed by atoms with Gasteiger partial charge in [0, 0.05) is 13.6 Å². The normalized spacial score (nSPS) is 14.3. The Hall–Kier alpha value is -2.71. The third-order valence-corrected chi connectivity index (χ3v) is 6.20. The number of nitrogens with zero attached hydrogens (tertiary/aromatic N) is 1. The maximum Gasteiger partial charge on any atom is 0.243 e. The van der Waals surface area contributed by atoms with Crippen molar-refractivity contribution in [2.45, 2.75) is 31.2 Å². The summed E-state index contributed by atoms with van der Waals surface area (Å²) < 4.78 is 27.1. The molecular weight excluding hydrogens is 366 g/mol. The van der Waals surface area contributed by atoms with E-state index in [4.69, 9.17) is 0 Å². The summed E-state index contributed by atoms with van der Waals surface area (Å²) in [6.07, 6.45) is 0.621. The van der Waals surface area contributed by atoms with E-state index < -0.39 is 21.8 Å². The SMILES string of the molecule is CCc1ccc(CN(C)S(=O)(=O)c2ccc3c(c2)NC(=O)CC(=O)N3)cc1. The van der Waals surface area contributed by atoms with Crippen LogP contribution in [-0.2, 0) is 32.6 Å². The van der Waals surface area contributed by atoms with Crippen molar-refractivity contribution in [3.8, 4) is 0 Å². The highest BCUT2D eigenvalue weighted by Gasteiger charge is 2.24. The van der Waals surface area contributed by atoms with E-state index in [2.05, 4.69) is 17.6 Å². The second-order valence-electron chi connectivity index (χ2n) is 6.41. The van der Waals surface area contributed by atoms with Gasteiger partial charge in [0.1, 0.15) is 6.42 Å². The van der Waals surface area contributed by atoms with Gasteiger partial charge in [-0.3, -0.25) is 9.59 Å². The average molecular weight is 387 g/mol. The van der Waals surface area contributed by atoms with Gasteiger partial charge in [0.15, 0.2) is 0 Å². The molecule has 0 aromatic heterocycles. The molecule has 0 atom stereocenters. The molecule has 0 bridgehead atoms. The molecule has 0 radical (unpaired) electrons. The molecule has 2 N–H and O–H groups in total. The molecule has 0 unspecified atom stereocenters. The van der Waals surface area contributed by atoms with Gasteiger partial charge in [0.25, 0.3) is 0 Å². The lowest BCUT2D eigenvalue weighted by molar-refractivity contribution is -0.123. The summed E-state index contributed by atoms with van der Waals surface area (Å²) >= 11 is 0. The molecule has 0 saturated carbocycles. The van der Waals surface area contributed by atoms with Crippen molar-refractivity contribution >= 4 is 33.2 Å². The summed E-state index contributed by atoms with van der Waals surface area (Å²) in [4.78, 5) is 23.4. The molecule has 8 heteroatoms. The first-order valence-electron chi connectivity index (χ1n) is 8.57. The molecule has 2 amide bonds. The smallest absolute Gasteiger partial charge is 0.243 e. The Labute approximate surface area is 158 Å². The number of anilines is 2. The van der Waals surface area contributed by atoms with E-state index in [1.54, 1.807) is 0 Å². The zero-order valence-electron chi connectivity index (χ0n) is 15.2. The number of nitrogens with one attached hydrogen (secondary N) is 2. The van der Waals surface area contributed by atoms with Crippen molar-refractivity contribution in [1.29, 1.82) is 0 Å². The molecule has 0 saturated heterocycles. The van der Waals surface area contributed by atoms with Crippen LogP contribution in [0.25, 0.3) is 0 Å². The maximum atomic E-state index is 12.9. The second-order valence-corrected chi connectivity index (χ2v) is 8.46. The predicted octanol–water partition coefficient (Wildman–Crippen LogP) is 2.35. The van der Waals surface area contributed by atoms with Gasteiger partial charge in [-0.2, -0.15) is 4.31 Å². The molecule has 1 aliphatic heterocycles. The molecule has 3 rings (SSSR count). The number of aryl methyl sites for hydroxylation is 1. The number of amides is 2. The first kappa shape index (κ1) is 19.1. The van der Waals surface area contributed by atoms with Crippen molar-refractivity contribution in [3.05, 3.63) is 53.6 Å². The summed E-state index contributed by atoms with van der Waals surface area (Å²) in [7, 11) is -2.25. The highest BCUT2D eigenvalue weighted by Crippen LogP contribution is 2.29. The zero-order chi connectivity index (χ0) is 19.6. The Morgan fingerprint density at radius 2 is 1.52 bits per heavy atom. The van der Waals surface area contributed by atoms with E-state index in [0.717, 1.165) is 12.0 Å². The van der Waals surface area contributed by atoms with Crippen LogP contribution in [0.15, 0.2) is 47.4 Å². The molecule has 2 aromatic carbocycles. The Balaban J connectivity index is 1.85. The Morgan fingerprint density at radius 1 is 0.926 bits per heavy atom. The lowest BCUT2D eigenvalue weighted by Gasteiger charge is -2.18. The second kappa shape index (κ2) is 7.50. The lowest BCUT2D eigenvalue weighted by atomic mass is 10.1. The summed E-state index contributed by atoms with van der Waals surface area (Å²) in [5, 5.41) is 5.14. The fourth-order valence-corrected chi connectivity index (χ4v) is 4.02. The van der Waals surface area contributed by atoms with E-state index in [1.807, 2.05) is 24.3 Å². The van der Waals surface area contributed by atoms with Crippen molar-refractivity contribution in [1.82, 2.24) is 4.31 Å². The number of hydrogen-bond acceptors (Lipinski definition) is 4. The van der Waals surface area contributed by atoms with Crippen LogP contribution in [0.1, 0.15) is 24.5 Å². The topological polar surface area (TPSA) is 95.6 Å². The standard InChI is InChI=1S/C19H21N3O4S/c1-3-13-4-6-14(7-5-13)12-22(2)27(25,26)15-8-9-16-17(10-15)21-19(24)11-18(23)20-16/h4-10H,3,11-12H2,1-2H3,(H,20,23)(H,21,24). The molecule has 1 heterocycles. The number of fused-ring (bicyclic) bond motifs is 1. The number of rotatable bonds is 5. The minimum absolute atomic E-state index is 0.0466. The molecule has 0 aliphatic carbocycles. The van der Waals surface area contributed by atoms with Crippen LogP contribution in [0.5, 0.6) is 0 Å². The highest BCUT2D eigenvalue weighted by atomic mass is 32.2. The number of hydrogen-bond donors (Lipinski definition) is 2. The van der Waals surface area contributed by atoms with Gasteiger partial charge >= 0.3 is 0 Å². The molecule has 7 nitrogen and oxygen atoms in total. The molecule has 2 aromatic rings. The van der Waals surface area contributed by atoms with Gasteiger partial charge < -0.3 is 10.6 Å². The van der Waals surface area contributed by atoms with Crippen molar-refractivity contribution in [2.75, 3.05) is 17.7 Å². The third-order valence-electron chi connectivity index (χ3n) is 4.40. The van der Waals surface area contributed by atoms with Gasteiger partial charge in [-0.25, -0.2) is 8.42 Å². The maximum absolute atomic E-state index is 12.9. The van der Waals surface area contributed by atoms with Gasteiger partial charge in [0.05, 0.1) is 16.3 Å². The quantitative estimate of drug-likeness (QED) is 0.770. The van der Waals surface area contributed by atoms with Crippen LogP contribution in [0.3, 0.4) is 0 Å². The Kier molecular flexibility index (Phi) is 5.29. The molecule has 0 fully saturated rings. The van der Waals surface area contributed by atoms with E-state index in [-0.39, 0.29) is 23.5 Å². The Bertz CT molecular complexity index is 985. The van der Waals surface area contributed by atoms with Gasteiger partial charge in [-0.05, 0) is 35.7 Å². The van der Waals surface area contributed by atoms with E-state index in [1.165, 1.54) is 35.1 Å². The number of sulfonamides is 1. The molecule has 27 heavy (non-hydrogen) atoms. The van der Waals surface area contributed by atoms with Crippen LogP contribution < -0.4 is 10.6 Å². The fourth-order valence-electron chi connectivity index (χ4n) is 2.83. The molecule has 0 spiro atoms. The molecule has 142 valence electrons. The lowest BCUT2D eigenvalue weighted by Crippen LogP contribution is -2.26. The molecule has 1 aliphatic rings. The van der Waals surface area contributed by atoms with Crippen LogP contribution in [0, 0.1) is 0 Å². The first-order chi connectivity index (χ1) is 12.8. The summed E-state index contributed by atoms with van der Waals surface area (Å²) in [5.74, 6) is -0.917. The van der Waals surface area contributed by atoms with Crippen molar-refractivity contribution in [3.63, 3.8) is 0 Å². The summed E-state index contributed by atoms with van der Waals surface area (Å²) in [6, 6.07) is 12.1. The Morgan fingerprint density at radius 3 is 2.15 bits per heavy atom. The van der Waals surface area contributed by atoms with Gasteiger partial charge in [0.2, 0.25) is 21.8 Å². The van der Waals surface area contributed by atoms with E-state index >= 15 is 0 Å². The zero-order valence-corrected chi connectivity index (χ0v) is 16.0. The van der Waals surface area contributed by atoms with E-state index in [9.17, 15) is 18.0 Å². The minimum Gasteiger partial charge on any atom is -0.324 e. The van der Waals surface area contributed by atoms with E-state index in [0.29, 0.717) is 5.69 Å². The predicted molar refractivity (Wildman–Crippen MR) is 103 cm³/mol. The summed E-state index contributed by atoms with van der Waals surface area (Å²) in [5.41, 5.74) is 2.72. The number of carbonyl (C=O) groups excluding carboxylic acids is 2. The van der Waals surface area contributed by atoms with Gasteiger partial charge in [-0.15, -0.1) is 0 Å². The van der Waals surface area contributed by atoms with Crippen LogP contribution >= 0.6 is 0 Å². The third kappa shape index (κ3) is 4.17. The number of benzene rings is 2. The number of carbonyl (C=O) groups is 2. The van der Waals surface area contributed by atoms with Crippen LogP contribution in [0.2, 0.25) is 0 Å². The van der Waals surface area contributed by atoms with Crippen molar-refractivity contribution in [2.24, 2.45) is 0 Å². The van der Waals surface area contributed by atoms with Crippen LogP contribution in [-0.4, -0.2) is 31.6 Å². The van der Waals surface area contributed by atoms with Gasteiger partial charge in [-0.1, -0.05) is 31.2 Å². The van der Waals surface area contributed by atoms with Crippen LogP contribution in [0.4, 0.5) is 11.4 Å². The fraction of sp³-hybridized carbons (Fsp3) is 0.263. The summed E-state index contributed by atoms with van der Waals surface area (Å²) in [6.45, 7) is 2.29. The molecular formula is C19H21N3O4S. The van der Waals surface area contributed by atoms with Crippen molar-refractivity contribution < 1.29 is 18.0 Å². The highest BCUT2D eigenvalue weighted by molar-refractivity contribution is 7.89. The average Bonchev–Trinajstić information content (AvgIpc) is 2.77. The largest absolute Gasteiger partial charge is 0.324 e. The monoisotopic (exact) mass is 387 g/mol. The first-order valence-corrected chi connectivity index (χ1v) is 10.0.